The molecule has 2 unspecified atom stereocenters. The van der Waals surface area contributed by atoms with Crippen LogP contribution in [0.2, 0.25) is 5.02 Å². The average Bonchev–Trinajstić information content (AvgIpc) is 3.25. The number of aliphatic hydroxyl groups is 3. The van der Waals surface area contributed by atoms with Crippen LogP contribution in [0.1, 0.15) is 44.4 Å². The van der Waals surface area contributed by atoms with E-state index in [1.807, 2.05) is 31.2 Å². The third-order valence-electron chi connectivity index (χ3n) is 6.76. The number of ether oxygens (including phenoxy) is 5. The molecule has 202 valence electrons. The van der Waals surface area contributed by atoms with Crippen molar-refractivity contribution in [2.75, 3.05) is 13.2 Å². The second-order valence-electron chi connectivity index (χ2n) is 9.63. The quantitative estimate of drug-likeness (QED) is 0.436. The van der Waals surface area contributed by atoms with Gasteiger partial charge in [-0.15, -0.1) is 0 Å². The predicted octanol–water partition coefficient (Wildman–Crippen LogP) is 3.31. The molecule has 37 heavy (non-hydrogen) atoms. The van der Waals surface area contributed by atoms with E-state index in [0.717, 1.165) is 16.9 Å². The number of hydrogen-bond donors (Lipinski definition) is 3. The van der Waals surface area contributed by atoms with Crippen molar-refractivity contribution in [2.45, 2.75) is 76.0 Å². The fourth-order valence-electron chi connectivity index (χ4n) is 4.77. The standard InChI is InChI=1S/C27H33ClO9/c1-5-33-20-9-6-17(7-10-20)12-18-13-19(8-11-21(18)28)27-24(31)22(29)23(30)26(37-27,14-34-27)16(4)36-25(32)35-15(2)3/h6-11,13,15-16,22-24,29-31H,5,12,14H2,1-4H3/t16?,22-,23?,24+,26+,27-/m0/s1. The Labute approximate surface area is 220 Å². The summed E-state index contributed by atoms with van der Waals surface area (Å²) < 4.78 is 28.1. The fourth-order valence-corrected chi connectivity index (χ4v) is 4.96. The van der Waals surface area contributed by atoms with E-state index in [9.17, 15) is 20.1 Å². The van der Waals surface area contributed by atoms with Crippen molar-refractivity contribution in [3.05, 3.63) is 64.2 Å². The number of fused-ring (bicyclic) bond motifs is 2. The second-order valence-corrected chi connectivity index (χ2v) is 10.0. The lowest BCUT2D eigenvalue weighted by Crippen LogP contribution is -2.68. The third kappa shape index (κ3) is 5.16. The second kappa shape index (κ2) is 10.8. The molecule has 3 N–H and O–H groups in total. The summed E-state index contributed by atoms with van der Waals surface area (Å²) in [4.78, 5) is 12.1. The van der Waals surface area contributed by atoms with Crippen LogP contribution in [-0.2, 0) is 31.2 Å². The topological polar surface area (TPSA) is 124 Å². The number of benzene rings is 2. The minimum absolute atomic E-state index is 0.255. The molecule has 2 aliphatic heterocycles. The third-order valence-corrected chi connectivity index (χ3v) is 7.13. The highest BCUT2D eigenvalue weighted by Gasteiger charge is 2.69. The van der Waals surface area contributed by atoms with Gasteiger partial charge in [-0.1, -0.05) is 29.8 Å². The van der Waals surface area contributed by atoms with Gasteiger partial charge in [-0.3, -0.25) is 0 Å². The zero-order valence-electron chi connectivity index (χ0n) is 21.2. The Bertz CT molecular complexity index is 1110. The molecule has 0 aromatic heterocycles. The maximum absolute atomic E-state index is 12.1. The zero-order valence-corrected chi connectivity index (χ0v) is 22.0. The van der Waals surface area contributed by atoms with E-state index in [1.54, 1.807) is 32.0 Å². The Morgan fingerprint density at radius 2 is 1.78 bits per heavy atom. The molecule has 2 aromatic rings. The van der Waals surface area contributed by atoms with Crippen molar-refractivity contribution >= 4 is 17.8 Å². The van der Waals surface area contributed by atoms with Crippen LogP contribution in [0.15, 0.2) is 42.5 Å². The maximum atomic E-state index is 12.1. The van der Waals surface area contributed by atoms with Crippen molar-refractivity contribution in [1.29, 1.82) is 0 Å². The van der Waals surface area contributed by atoms with Gasteiger partial charge in [0, 0.05) is 10.6 Å². The number of halogens is 1. The molecule has 0 amide bonds. The van der Waals surface area contributed by atoms with Crippen molar-refractivity contribution < 1.29 is 43.8 Å². The summed E-state index contributed by atoms with van der Waals surface area (Å²) >= 11 is 6.50. The summed E-state index contributed by atoms with van der Waals surface area (Å²) in [6.07, 6.45) is -6.84. The van der Waals surface area contributed by atoms with E-state index < -0.39 is 48.1 Å². The van der Waals surface area contributed by atoms with Gasteiger partial charge in [-0.25, -0.2) is 4.79 Å². The highest BCUT2D eigenvalue weighted by molar-refractivity contribution is 6.31. The van der Waals surface area contributed by atoms with Crippen LogP contribution in [0, 0.1) is 0 Å². The van der Waals surface area contributed by atoms with Gasteiger partial charge in [0.25, 0.3) is 0 Å². The van der Waals surface area contributed by atoms with E-state index in [-0.39, 0.29) is 6.61 Å². The molecule has 6 atom stereocenters. The van der Waals surface area contributed by atoms with Crippen LogP contribution < -0.4 is 4.74 Å². The number of aliphatic hydroxyl groups excluding tert-OH is 3. The fraction of sp³-hybridized carbons (Fsp3) is 0.519. The minimum Gasteiger partial charge on any atom is -0.494 e. The molecule has 0 spiro atoms. The first kappa shape index (κ1) is 27.6. The molecule has 0 aliphatic carbocycles. The first-order valence-electron chi connectivity index (χ1n) is 12.3. The SMILES string of the molecule is CCOc1ccc(Cc2cc([C@]34OC[C@](C(C)OC(=O)OC(C)C)(O3)C(O)[C@H](O)[C@H]4O)ccc2Cl)cc1. The van der Waals surface area contributed by atoms with Crippen LogP contribution in [0.5, 0.6) is 5.75 Å². The van der Waals surface area contributed by atoms with Gasteiger partial charge in [-0.05, 0) is 69.5 Å². The van der Waals surface area contributed by atoms with Gasteiger partial charge in [0.1, 0.15) is 30.2 Å². The summed E-state index contributed by atoms with van der Waals surface area (Å²) in [5.74, 6) is -1.06. The summed E-state index contributed by atoms with van der Waals surface area (Å²) in [5.41, 5.74) is 0.465. The average molecular weight is 537 g/mol. The Morgan fingerprint density at radius 1 is 1.08 bits per heavy atom. The molecule has 2 saturated heterocycles. The summed E-state index contributed by atoms with van der Waals surface area (Å²) in [5, 5.41) is 33.2. The lowest BCUT2D eigenvalue weighted by molar-refractivity contribution is -0.337. The first-order chi connectivity index (χ1) is 17.5. The van der Waals surface area contributed by atoms with Crippen LogP contribution in [0.3, 0.4) is 0 Å². The van der Waals surface area contributed by atoms with Crippen LogP contribution >= 0.6 is 11.6 Å². The van der Waals surface area contributed by atoms with Gasteiger partial charge in [0.15, 0.2) is 5.60 Å². The summed E-state index contributed by atoms with van der Waals surface area (Å²) in [6.45, 7) is 7.09. The number of hydrogen-bond acceptors (Lipinski definition) is 9. The molecule has 2 aromatic carbocycles. The molecule has 4 rings (SSSR count). The monoisotopic (exact) mass is 536 g/mol. The maximum Gasteiger partial charge on any atom is 0.508 e. The highest BCUT2D eigenvalue weighted by Crippen LogP contribution is 2.51. The smallest absolute Gasteiger partial charge is 0.494 e. The van der Waals surface area contributed by atoms with Gasteiger partial charge in [0.05, 0.1) is 19.3 Å². The van der Waals surface area contributed by atoms with E-state index in [2.05, 4.69) is 0 Å². The molecule has 0 radical (unpaired) electrons. The summed E-state index contributed by atoms with van der Waals surface area (Å²) in [6, 6.07) is 12.7. The Balaban J connectivity index is 1.63. The molecular formula is C27H33ClO9. The first-order valence-corrected chi connectivity index (χ1v) is 12.7. The van der Waals surface area contributed by atoms with Crippen LogP contribution in [0.4, 0.5) is 4.79 Å². The summed E-state index contributed by atoms with van der Waals surface area (Å²) in [7, 11) is 0. The molecule has 0 saturated carbocycles. The number of rotatable bonds is 8. The van der Waals surface area contributed by atoms with E-state index in [4.69, 9.17) is 35.3 Å². The largest absolute Gasteiger partial charge is 0.508 e. The molecule has 9 nitrogen and oxygen atoms in total. The van der Waals surface area contributed by atoms with Crippen molar-refractivity contribution in [3.8, 4) is 5.75 Å². The van der Waals surface area contributed by atoms with Gasteiger partial charge < -0.3 is 39.0 Å². The number of carbonyl (C=O) groups excluding carboxylic acids is 1. The molecule has 2 fully saturated rings. The molecular weight excluding hydrogens is 504 g/mol. The van der Waals surface area contributed by atoms with Crippen molar-refractivity contribution in [2.24, 2.45) is 0 Å². The molecule has 2 heterocycles. The van der Waals surface area contributed by atoms with E-state index >= 15 is 0 Å². The van der Waals surface area contributed by atoms with Crippen LogP contribution in [0.25, 0.3) is 0 Å². The predicted molar refractivity (Wildman–Crippen MR) is 133 cm³/mol. The molecule has 2 aliphatic rings. The van der Waals surface area contributed by atoms with Crippen LogP contribution in [-0.4, -0.2) is 70.8 Å². The van der Waals surface area contributed by atoms with Gasteiger partial charge in [-0.2, -0.15) is 0 Å². The van der Waals surface area contributed by atoms with Gasteiger partial charge in [0.2, 0.25) is 5.79 Å². The molecule has 10 heteroatoms. The van der Waals surface area contributed by atoms with Crippen molar-refractivity contribution in [3.63, 3.8) is 0 Å². The molecule has 2 bridgehead atoms. The van der Waals surface area contributed by atoms with E-state index in [1.165, 1.54) is 6.92 Å². The van der Waals surface area contributed by atoms with E-state index in [0.29, 0.717) is 23.6 Å². The zero-order chi connectivity index (χ0) is 27.0. The Morgan fingerprint density at radius 3 is 2.43 bits per heavy atom. The highest BCUT2D eigenvalue weighted by atomic mass is 35.5. The van der Waals surface area contributed by atoms with Crippen molar-refractivity contribution in [1.82, 2.24) is 0 Å². The lowest BCUT2D eigenvalue weighted by Gasteiger charge is -2.48. The normalized spacial score (nSPS) is 29.7. The Kier molecular flexibility index (Phi) is 8.04. The lowest BCUT2D eigenvalue weighted by atomic mass is 9.81. The Hall–Kier alpha value is -2.40. The minimum atomic E-state index is -1.82. The number of carbonyl (C=O) groups is 1. The van der Waals surface area contributed by atoms with Gasteiger partial charge >= 0.3 is 6.16 Å².